The van der Waals surface area contributed by atoms with Gasteiger partial charge in [-0.25, -0.2) is 9.59 Å². The van der Waals surface area contributed by atoms with Gasteiger partial charge in [0.15, 0.2) is 17.7 Å². The van der Waals surface area contributed by atoms with Crippen LogP contribution in [0, 0.1) is 5.21 Å². The second-order valence-corrected chi connectivity index (χ2v) is 8.08. The van der Waals surface area contributed by atoms with Crippen molar-refractivity contribution in [1.29, 1.82) is 0 Å². The number of ether oxygens (including phenoxy) is 2. The monoisotopic (exact) mass is 438 g/mol. The Morgan fingerprint density at radius 1 is 1.33 bits per heavy atom. The fourth-order valence-corrected chi connectivity index (χ4v) is 4.26. The number of alkyl carbamates (subject to hydrolysis) is 1. The third kappa shape index (κ3) is 4.32. The van der Waals surface area contributed by atoms with Gasteiger partial charge < -0.3 is 29.8 Å². The van der Waals surface area contributed by atoms with Crippen molar-refractivity contribution < 1.29 is 28.8 Å². The molecule has 30 heavy (non-hydrogen) atoms. The number of amides is 1. The van der Waals surface area contributed by atoms with Gasteiger partial charge in [0.05, 0.1) is 13.1 Å². The van der Waals surface area contributed by atoms with Crippen LogP contribution in [0.2, 0.25) is 5.02 Å². The van der Waals surface area contributed by atoms with Gasteiger partial charge in [-0.15, -0.1) is 0 Å². The highest BCUT2D eigenvalue weighted by Gasteiger charge is 2.50. The van der Waals surface area contributed by atoms with E-state index in [1.165, 1.54) is 0 Å². The van der Waals surface area contributed by atoms with E-state index in [1.54, 1.807) is 44.2 Å². The average Bonchev–Trinajstić information content (AvgIpc) is 3.22. The molecule has 1 fully saturated rings. The summed E-state index contributed by atoms with van der Waals surface area (Å²) in [5.41, 5.74) is -0.827. The predicted molar refractivity (Wildman–Crippen MR) is 110 cm³/mol. The number of quaternary nitrogens is 1. The zero-order chi connectivity index (χ0) is 21.9. The lowest BCUT2D eigenvalue weighted by molar-refractivity contribution is -0.877. The molecule has 2 N–H and O–H groups in total. The number of hydrogen-bond donors (Lipinski definition) is 2. The van der Waals surface area contributed by atoms with Crippen molar-refractivity contribution in [1.82, 2.24) is 5.32 Å². The summed E-state index contributed by atoms with van der Waals surface area (Å²) in [6.07, 6.45) is 1.15. The third-order valence-corrected chi connectivity index (χ3v) is 6.07. The Bertz CT molecular complexity index is 829. The van der Waals surface area contributed by atoms with Crippen LogP contribution in [-0.2, 0) is 19.9 Å². The molecule has 2 aliphatic rings. The SMILES string of the molecule is CCNC(=O)O[C@@H]1CC[N+]2([O-])CC=C(COC(=O)C(O)(CC)c3ccc(Cl)cc3)C12. The zero-order valence-corrected chi connectivity index (χ0v) is 17.9. The molecule has 0 radical (unpaired) electrons. The first-order valence-electron chi connectivity index (χ1n) is 10.1. The normalized spacial score (nSPS) is 27.0. The molecule has 3 unspecified atom stereocenters. The Labute approximate surface area is 180 Å². The summed E-state index contributed by atoms with van der Waals surface area (Å²) in [6, 6.07) is 5.74. The first-order chi connectivity index (χ1) is 14.2. The molecule has 164 valence electrons. The number of fused-ring (bicyclic) bond motifs is 1. The summed E-state index contributed by atoms with van der Waals surface area (Å²) in [4.78, 5) is 24.6. The van der Waals surface area contributed by atoms with Gasteiger partial charge in [0, 0.05) is 23.6 Å². The quantitative estimate of drug-likeness (QED) is 0.293. The number of esters is 1. The van der Waals surface area contributed by atoms with Crippen LogP contribution in [0.1, 0.15) is 32.3 Å². The fourth-order valence-electron chi connectivity index (χ4n) is 4.14. The van der Waals surface area contributed by atoms with Gasteiger partial charge in [-0.1, -0.05) is 30.7 Å². The molecule has 1 saturated heterocycles. The van der Waals surface area contributed by atoms with E-state index in [9.17, 15) is 19.9 Å². The second kappa shape index (κ2) is 8.93. The number of carbonyl (C=O) groups excluding carboxylic acids is 2. The number of nitrogens with zero attached hydrogens (tertiary/aromatic N) is 1. The van der Waals surface area contributed by atoms with Gasteiger partial charge in [-0.2, -0.15) is 0 Å². The van der Waals surface area contributed by atoms with Crippen LogP contribution in [0.5, 0.6) is 0 Å². The molecule has 0 saturated carbocycles. The number of benzene rings is 1. The molecule has 1 amide bonds. The lowest BCUT2D eigenvalue weighted by atomic mass is 9.91. The van der Waals surface area contributed by atoms with E-state index in [-0.39, 0.29) is 19.6 Å². The van der Waals surface area contributed by atoms with Gasteiger partial charge in [0.1, 0.15) is 6.61 Å². The number of carbonyl (C=O) groups is 2. The van der Waals surface area contributed by atoms with Crippen molar-refractivity contribution >= 4 is 23.7 Å². The average molecular weight is 439 g/mol. The lowest BCUT2D eigenvalue weighted by Crippen LogP contribution is -2.48. The first kappa shape index (κ1) is 22.6. The van der Waals surface area contributed by atoms with Crippen LogP contribution in [0.15, 0.2) is 35.9 Å². The van der Waals surface area contributed by atoms with Crippen molar-refractivity contribution in [2.45, 2.75) is 44.4 Å². The third-order valence-electron chi connectivity index (χ3n) is 5.81. The number of aliphatic hydroxyl groups is 1. The van der Waals surface area contributed by atoms with Crippen LogP contribution < -0.4 is 5.32 Å². The Morgan fingerprint density at radius 2 is 2.03 bits per heavy atom. The predicted octanol–water partition coefficient (Wildman–Crippen LogP) is 2.62. The topological polar surface area (TPSA) is 108 Å². The van der Waals surface area contributed by atoms with Gasteiger partial charge in [0.2, 0.25) is 0 Å². The van der Waals surface area contributed by atoms with Crippen molar-refractivity contribution in [3.05, 3.63) is 51.7 Å². The van der Waals surface area contributed by atoms with E-state index in [1.807, 2.05) is 0 Å². The number of nitrogens with one attached hydrogen (secondary N) is 1. The molecule has 2 aliphatic heterocycles. The van der Waals surface area contributed by atoms with E-state index in [0.717, 1.165) is 0 Å². The van der Waals surface area contributed by atoms with E-state index in [4.69, 9.17) is 21.1 Å². The standard InChI is InChI=1S/C21H27ClN2O6/c1-3-21(27,15-5-7-16(22)8-6-15)19(25)29-13-14-9-11-24(28)12-10-17(18(14)24)30-20(26)23-4-2/h5-9,17-18,27H,3-4,10-13H2,1-2H3,(H,23,26)/t17-,18?,21?,24?/m1/s1. The largest absolute Gasteiger partial charge is 0.632 e. The minimum absolute atomic E-state index is 0.112. The van der Waals surface area contributed by atoms with Crippen LogP contribution in [0.3, 0.4) is 0 Å². The molecule has 0 bridgehead atoms. The van der Waals surface area contributed by atoms with Crippen molar-refractivity contribution in [3.63, 3.8) is 0 Å². The van der Waals surface area contributed by atoms with E-state index in [0.29, 0.717) is 35.7 Å². The van der Waals surface area contributed by atoms with Gasteiger partial charge in [0.25, 0.3) is 0 Å². The molecule has 8 nitrogen and oxygen atoms in total. The van der Waals surface area contributed by atoms with Crippen molar-refractivity contribution in [3.8, 4) is 0 Å². The highest BCUT2D eigenvalue weighted by atomic mass is 35.5. The molecular formula is C21H27ClN2O6. The number of hydroxylamine groups is 3. The first-order valence-corrected chi connectivity index (χ1v) is 10.5. The lowest BCUT2D eigenvalue weighted by Gasteiger charge is -2.40. The van der Waals surface area contributed by atoms with Gasteiger partial charge in [-0.05, 0) is 37.1 Å². The second-order valence-electron chi connectivity index (χ2n) is 7.64. The number of halogens is 1. The summed E-state index contributed by atoms with van der Waals surface area (Å²) >= 11 is 5.89. The van der Waals surface area contributed by atoms with Crippen LogP contribution in [-0.4, -0.2) is 60.2 Å². The summed E-state index contributed by atoms with van der Waals surface area (Å²) in [5.74, 6) is -0.802. The minimum atomic E-state index is -1.82. The molecule has 9 heteroatoms. The van der Waals surface area contributed by atoms with Crippen molar-refractivity contribution in [2.24, 2.45) is 0 Å². The molecule has 3 rings (SSSR count). The van der Waals surface area contributed by atoms with Crippen molar-refractivity contribution in [2.75, 3.05) is 26.2 Å². The molecule has 0 spiro atoms. The van der Waals surface area contributed by atoms with Gasteiger partial charge in [-0.3, -0.25) is 0 Å². The highest BCUT2D eigenvalue weighted by molar-refractivity contribution is 6.30. The molecule has 1 aromatic rings. The van der Waals surface area contributed by atoms with Gasteiger partial charge >= 0.3 is 12.1 Å². The Hall–Kier alpha value is -2.13. The van der Waals surface area contributed by atoms with E-state index < -0.39 is 34.5 Å². The van der Waals surface area contributed by atoms with E-state index >= 15 is 0 Å². The molecule has 2 heterocycles. The number of rotatable bonds is 7. The highest BCUT2D eigenvalue weighted by Crippen LogP contribution is 2.38. The molecule has 0 aromatic heterocycles. The zero-order valence-electron chi connectivity index (χ0n) is 17.1. The van der Waals surface area contributed by atoms with Crippen LogP contribution in [0.25, 0.3) is 0 Å². The molecule has 4 atom stereocenters. The van der Waals surface area contributed by atoms with Crippen LogP contribution in [0.4, 0.5) is 4.79 Å². The molecule has 1 aromatic carbocycles. The fraction of sp³-hybridized carbons (Fsp3) is 0.524. The summed E-state index contributed by atoms with van der Waals surface area (Å²) in [6.45, 7) is 4.30. The summed E-state index contributed by atoms with van der Waals surface area (Å²) < 4.78 is 10.3. The molecule has 0 aliphatic carbocycles. The smallest absolute Gasteiger partial charge is 0.407 e. The number of hydrogen-bond acceptors (Lipinski definition) is 6. The molecular weight excluding hydrogens is 412 g/mol. The Morgan fingerprint density at radius 3 is 2.67 bits per heavy atom. The maximum absolute atomic E-state index is 13.0. The summed E-state index contributed by atoms with van der Waals surface area (Å²) in [5, 5.41) is 27.0. The summed E-state index contributed by atoms with van der Waals surface area (Å²) in [7, 11) is 0. The maximum Gasteiger partial charge on any atom is 0.407 e. The van der Waals surface area contributed by atoms with Crippen LogP contribution >= 0.6 is 11.6 Å². The van der Waals surface area contributed by atoms with E-state index in [2.05, 4.69) is 5.32 Å². The Balaban J connectivity index is 1.69. The Kier molecular flexibility index (Phi) is 6.71. The minimum Gasteiger partial charge on any atom is -0.632 e. The maximum atomic E-state index is 13.0.